The van der Waals surface area contributed by atoms with Gasteiger partial charge in [0.2, 0.25) is 0 Å². The molecule has 0 radical (unpaired) electrons. The van der Waals surface area contributed by atoms with Crippen molar-refractivity contribution >= 4 is 61.2 Å². The van der Waals surface area contributed by atoms with Crippen molar-refractivity contribution in [2.24, 2.45) is 5.41 Å². The maximum Gasteiger partial charge on any atom is 0.293 e. The van der Waals surface area contributed by atoms with E-state index in [0.29, 0.717) is 49.7 Å². The molecule has 61 heavy (non-hydrogen) atoms. The van der Waals surface area contributed by atoms with Crippen LogP contribution in [-0.4, -0.2) is 99.3 Å². The van der Waals surface area contributed by atoms with Gasteiger partial charge < -0.3 is 29.4 Å². The van der Waals surface area contributed by atoms with E-state index >= 15 is 0 Å². The predicted molar refractivity (Wildman–Crippen MR) is 234 cm³/mol. The first-order chi connectivity index (χ1) is 29.3. The molecule has 3 heterocycles. The molecule has 4 aromatic carbocycles. The molecule has 2 fully saturated rings. The van der Waals surface area contributed by atoms with Gasteiger partial charge in [0.25, 0.3) is 21.6 Å². The number of hydrogen-bond donors (Lipinski definition) is 3. The van der Waals surface area contributed by atoms with Crippen LogP contribution in [0.5, 0.6) is 11.5 Å². The lowest BCUT2D eigenvalue weighted by molar-refractivity contribution is -0.384. The highest BCUT2D eigenvalue weighted by Crippen LogP contribution is 2.43. The molecular weight excluding hydrogens is 822 g/mol. The number of nitrogens with zero attached hydrogens (tertiary/aromatic N) is 4. The van der Waals surface area contributed by atoms with Crippen molar-refractivity contribution in [3.8, 4) is 11.5 Å². The number of nitro groups is 1. The number of H-pyrrole nitrogens is 1. The van der Waals surface area contributed by atoms with Crippen LogP contribution >= 0.6 is 11.6 Å². The number of imidazole rings is 1. The fraction of sp³-hybridized carbons (Fsp3) is 0.364. The second kappa shape index (κ2) is 17.8. The molecule has 2 saturated heterocycles. The van der Waals surface area contributed by atoms with E-state index in [0.717, 1.165) is 55.7 Å². The number of para-hydroxylation sites is 1. The minimum absolute atomic E-state index is 0.0529. The number of rotatable bonds is 13. The number of carbonyl (C=O) groups is 1. The summed E-state index contributed by atoms with van der Waals surface area (Å²) in [6.45, 7) is 10.0. The first-order valence-electron chi connectivity index (χ1n) is 20.3. The molecule has 2 aliphatic heterocycles. The van der Waals surface area contributed by atoms with E-state index in [2.05, 4.69) is 55.8 Å². The first-order valence-corrected chi connectivity index (χ1v) is 22.1. The number of ether oxygens (including phenoxy) is 3. The number of fused-ring (bicyclic) bond motifs is 1. The number of carbonyl (C=O) groups excluding carboxylic acids is 1. The highest BCUT2D eigenvalue weighted by molar-refractivity contribution is 7.90. The summed E-state index contributed by atoms with van der Waals surface area (Å²) in [5.41, 5.74) is 5.93. The van der Waals surface area contributed by atoms with E-state index in [1.807, 2.05) is 18.2 Å². The predicted octanol–water partition coefficient (Wildman–Crippen LogP) is 7.65. The van der Waals surface area contributed by atoms with E-state index in [-0.39, 0.29) is 35.1 Å². The average molecular weight is 870 g/mol. The second-order valence-electron chi connectivity index (χ2n) is 16.3. The zero-order chi connectivity index (χ0) is 42.7. The number of aromatic amines is 1. The molecular formula is C44H48ClN7O8S. The van der Waals surface area contributed by atoms with Gasteiger partial charge in [-0.15, -0.1) is 0 Å². The number of benzene rings is 4. The Hall–Kier alpha value is -5.52. The SMILES string of the molecule is CC1(C)CCC(CN2CCN(c3ccc(C(=O)NS(=O)(=O)c4ccc(NCC5COCCO5)c([N+](=O)[O-])c4)c(Oc4cccc5[nH]cnc45)c3)CC2)=C(c2ccc(Cl)cc2)C1. The van der Waals surface area contributed by atoms with Crippen molar-refractivity contribution in [3.05, 3.63) is 117 Å². The van der Waals surface area contributed by atoms with E-state index < -0.39 is 31.4 Å². The van der Waals surface area contributed by atoms with Gasteiger partial charge in [0.15, 0.2) is 5.75 Å². The highest BCUT2D eigenvalue weighted by atomic mass is 35.5. The summed E-state index contributed by atoms with van der Waals surface area (Å²) in [4.78, 5) is 37.0. The van der Waals surface area contributed by atoms with Crippen LogP contribution in [0.4, 0.5) is 17.1 Å². The molecule has 3 aliphatic rings. The lowest BCUT2D eigenvalue weighted by Gasteiger charge is -2.39. The third-order valence-electron chi connectivity index (χ3n) is 11.5. The van der Waals surface area contributed by atoms with E-state index in [1.165, 1.54) is 41.2 Å². The maximum atomic E-state index is 13.9. The third kappa shape index (κ3) is 9.84. The standard InChI is InChI=1S/C44H48ClN7O8S/c1-44(2)15-14-30(36(24-44)29-6-8-31(45)9-7-29)26-50-16-18-51(19-17-50)32-10-12-35(41(22-32)60-40-5-3-4-38-42(40)48-28-47-38)43(53)49-61(56,57)34-11-13-37(39(23-34)52(54)55)46-25-33-27-58-20-21-59-33/h3-13,22-23,28,33,46H,14-21,24-27H2,1-2H3,(H,47,48)(H,49,53). The van der Waals surface area contributed by atoms with Crippen molar-refractivity contribution in [2.75, 3.05) is 69.3 Å². The van der Waals surface area contributed by atoms with Gasteiger partial charge in [0.05, 0.1) is 53.2 Å². The number of aromatic nitrogens is 2. The van der Waals surface area contributed by atoms with E-state index in [1.54, 1.807) is 24.3 Å². The molecule has 1 amide bonds. The average Bonchev–Trinajstić information content (AvgIpc) is 3.74. The molecule has 1 aliphatic carbocycles. The Labute approximate surface area is 359 Å². The molecule has 8 rings (SSSR count). The molecule has 3 N–H and O–H groups in total. The topological polar surface area (TPSA) is 181 Å². The zero-order valence-electron chi connectivity index (χ0n) is 34.0. The molecule has 5 aromatic rings. The monoisotopic (exact) mass is 869 g/mol. The molecule has 0 saturated carbocycles. The van der Waals surface area contributed by atoms with Crippen LogP contribution in [0.2, 0.25) is 5.02 Å². The van der Waals surface area contributed by atoms with Crippen LogP contribution in [0.3, 0.4) is 0 Å². The van der Waals surface area contributed by atoms with Crippen LogP contribution in [0.25, 0.3) is 16.6 Å². The summed E-state index contributed by atoms with van der Waals surface area (Å²) in [5.74, 6) is -0.493. The van der Waals surface area contributed by atoms with Gasteiger partial charge in [0, 0.05) is 62.1 Å². The summed E-state index contributed by atoms with van der Waals surface area (Å²) in [5, 5.41) is 15.7. The molecule has 15 nitrogen and oxygen atoms in total. The number of anilines is 2. The number of nitrogens with one attached hydrogen (secondary N) is 3. The summed E-state index contributed by atoms with van der Waals surface area (Å²) in [6, 6.07) is 21.9. The van der Waals surface area contributed by atoms with E-state index in [9.17, 15) is 23.3 Å². The molecule has 1 aromatic heterocycles. The number of nitro benzene ring substituents is 1. The molecule has 17 heteroatoms. The Morgan fingerprint density at radius 3 is 2.59 bits per heavy atom. The Morgan fingerprint density at radius 2 is 1.84 bits per heavy atom. The second-order valence-corrected chi connectivity index (χ2v) is 18.5. The largest absolute Gasteiger partial charge is 0.454 e. The lowest BCUT2D eigenvalue weighted by Crippen LogP contribution is -2.47. The van der Waals surface area contributed by atoms with Crippen LogP contribution in [0, 0.1) is 15.5 Å². The quantitative estimate of drug-likeness (QED) is 0.0778. The smallest absolute Gasteiger partial charge is 0.293 e. The van der Waals surface area contributed by atoms with Gasteiger partial charge in [-0.1, -0.05) is 49.2 Å². The summed E-state index contributed by atoms with van der Waals surface area (Å²) in [6.07, 6.45) is 4.40. The molecule has 0 spiro atoms. The summed E-state index contributed by atoms with van der Waals surface area (Å²) in [7, 11) is -4.59. The van der Waals surface area contributed by atoms with Crippen molar-refractivity contribution in [1.82, 2.24) is 19.6 Å². The van der Waals surface area contributed by atoms with Crippen molar-refractivity contribution in [2.45, 2.75) is 44.1 Å². The van der Waals surface area contributed by atoms with Crippen LogP contribution in [0.1, 0.15) is 49.0 Å². The van der Waals surface area contributed by atoms with Crippen LogP contribution < -0.4 is 19.7 Å². The van der Waals surface area contributed by atoms with Gasteiger partial charge in [-0.3, -0.25) is 19.8 Å². The normalized spacial score (nSPS) is 18.5. The molecule has 320 valence electrons. The Balaban J connectivity index is 1.01. The number of piperazine rings is 1. The Morgan fingerprint density at radius 1 is 1.03 bits per heavy atom. The number of hydrogen-bond acceptors (Lipinski definition) is 12. The summed E-state index contributed by atoms with van der Waals surface area (Å²) >= 11 is 6.24. The highest BCUT2D eigenvalue weighted by Gasteiger charge is 2.31. The third-order valence-corrected chi connectivity index (χ3v) is 13.1. The van der Waals surface area contributed by atoms with Gasteiger partial charge >= 0.3 is 0 Å². The van der Waals surface area contributed by atoms with Crippen LogP contribution in [-0.2, 0) is 19.5 Å². The van der Waals surface area contributed by atoms with Crippen molar-refractivity contribution in [1.29, 1.82) is 0 Å². The number of allylic oxidation sites excluding steroid dienone is 1. The Bertz CT molecular complexity index is 2570. The fourth-order valence-corrected chi connectivity index (χ4v) is 9.22. The molecule has 1 unspecified atom stereocenters. The van der Waals surface area contributed by atoms with Gasteiger partial charge in [0.1, 0.15) is 17.0 Å². The first kappa shape index (κ1) is 42.2. The van der Waals surface area contributed by atoms with Crippen molar-refractivity contribution < 1.29 is 32.3 Å². The number of sulfonamides is 1. The zero-order valence-corrected chi connectivity index (χ0v) is 35.6. The van der Waals surface area contributed by atoms with Crippen molar-refractivity contribution in [3.63, 3.8) is 0 Å². The summed E-state index contributed by atoms with van der Waals surface area (Å²) < 4.78 is 46.8. The van der Waals surface area contributed by atoms with Gasteiger partial charge in [-0.25, -0.2) is 18.1 Å². The minimum Gasteiger partial charge on any atom is -0.454 e. The molecule has 0 bridgehead atoms. The van der Waals surface area contributed by atoms with Crippen LogP contribution in [0.15, 0.2) is 95.7 Å². The maximum absolute atomic E-state index is 13.9. The van der Waals surface area contributed by atoms with E-state index in [4.69, 9.17) is 25.8 Å². The fourth-order valence-electron chi connectivity index (χ4n) is 8.11. The number of amides is 1. The van der Waals surface area contributed by atoms with Gasteiger partial charge in [-0.05, 0) is 84.3 Å². The minimum atomic E-state index is -4.59. The Kier molecular flexibility index (Phi) is 12.3. The van der Waals surface area contributed by atoms with Gasteiger partial charge in [-0.2, -0.15) is 0 Å². The molecule has 1 atom stereocenters. The lowest BCUT2D eigenvalue weighted by atomic mass is 9.72. The number of halogens is 1.